The van der Waals surface area contributed by atoms with Gasteiger partial charge in [0.2, 0.25) is 0 Å². The van der Waals surface area contributed by atoms with Crippen LogP contribution in [0.4, 0.5) is 0 Å². The fourth-order valence-electron chi connectivity index (χ4n) is 2.16. The van der Waals surface area contributed by atoms with Crippen molar-refractivity contribution >= 4 is 5.97 Å². The minimum Gasteiger partial charge on any atom is -0.481 e. The summed E-state index contributed by atoms with van der Waals surface area (Å²) in [6.07, 6.45) is 1.83. The number of H-pyrrole nitrogens is 1. The number of carboxylic acids is 1. The molecule has 0 bridgehead atoms. The smallest absolute Gasteiger partial charge is 0.309 e. The van der Waals surface area contributed by atoms with Crippen molar-refractivity contribution in [2.75, 3.05) is 13.2 Å². The number of nitrogens with zero attached hydrogens (tertiary/aromatic N) is 1. The Bertz CT molecular complexity index is 419. The van der Waals surface area contributed by atoms with E-state index < -0.39 is 5.97 Å². The lowest BCUT2D eigenvalue weighted by atomic mass is 9.82. The van der Waals surface area contributed by atoms with Gasteiger partial charge in [-0.25, -0.2) is 4.98 Å². The molecule has 1 fully saturated rings. The normalized spacial score (nSPS) is 19.2. The van der Waals surface area contributed by atoms with Crippen molar-refractivity contribution in [1.29, 1.82) is 0 Å². The summed E-state index contributed by atoms with van der Waals surface area (Å²) in [5.74, 6) is 0.0535. The number of ether oxygens (including phenoxy) is 1. The van der Waals surface area contributed by atoms with Gasteiger partial charge in [0, 0.05) is 24.3 Å². The summed E-state index contributed by atoms with van der Waals surface area (Å²) in [4.78, 5) is 18.4. The van der Waals surface area contributed by atoms with Gasteiger partial charge in [-0.3, -0.25) is 4.79 Å². The van der Waals surface area contributed by atoms with E-state index in [-0.39, 0.29) is 11.8 Å². The largest absolute Gasteiger partial charge is 0.481 e. The number of hydrogen-bond acceptors (Lipinski definition) is 3. The number of aromatic nitrogens is 2. The third kappa shape index (κ3) is 2.49. The van der Waals surface area contributed by atoms with Crippen LogP contribution in [0.3, 0.4) is 0 Å². The zero-order chi connectivity index (χ0) is 12.5. The highest BCUT2D eigenvalue weighted by Gasteiger charge is 2.32. The van der Waals surface area contributed by atoms with Crippen LogP contribution >= 0.6 is 0 Å². The second-order valence-electron chi connectivity index (χ2n) is 4.90. The molecule has 0 atom stereocenters. The van der Waals surface area contributed by atoms with Crippen LogP contribution in [0.25, 0.3) is 0 Å². The molecule has 1 aromatic rings. The molecule has 2 heterocycles. The quantitative estimate of drug-likeness (QED) is 0.835. The zero-order valence-corrected chi connectivity index (χ0v) is 10.2. The number of rotatable bonds is 3. The minimum atomic E-state index is -0.844. The van der Waals surface area contributed by atoms with Gasteiger partial charge in [-0.15, -0.1) is 0 Å². The van der Waals surface area contributed by atoms with E-state index in [1.807, 2.05) is 6.92 Å². The maximum atomic E-state index is 10.7. The van der Waals surface area contributed by atoms with Crippen molar-refractivity contribution in [3.8, 4) is 0 Å². The van der Waals surface area contributed by atoms with Gasteiger partial charge in [0.25, 0.3) is 0 Å². The molecule has 94 valence electrons. The van der Waals surface area contributed by atoms with Crippen molar-refractivity contribution in [3.05, 3.63) is 17.2 Å². The Morgan fingerprint density at radius 3 is 2.76 bits per heavy atom. The maximum absolute atomic E-state index is 10.7. The van der Waals surface area contributed by atoms with Gasteiger partial charge >= 0.3 is 5.97 Å². The highest BCUT2D eigenvalue weighted by molar-refractivity contribution is 5.69. The molecular formula is C12H18N2O3. The number of imidazole rings is 1. The van der Waals surface area contributed by atoms with E-state index in [4.69, 9.17) is 9.84 Å². The van der Waals surface area contributed by atoms with Crippen molar-refractivity contribution in [3.63, 3.8) is 0 Å². The fourth-order valence-corrected chi connectivity index (χ4v) is 2.16. The SMILES string of the molecule is Cc1[nH]c(C2(C)CCOCC2)nc1CC(=O)O. The Labute approximate surface area is 100 Å². The molecule has 1 aliphatic rings. The zero-order valence-electron chi connectivity index (χ0n) is 10.2. The van der Waals surface area contributed by atoms with Crippen LogP contribution in [0.2, 0.25) is 0 Å². The molecule has 5 nitrogen and oxygen atoms in total. The van der Waals surface area contributed by atoms with Gasteiger partial charge in [-0.2, -0.15) is 0 Å². The lowest BCUT2D eigenvalue weighted by Crippen LogP contribution is -2.31. The Kier molecular flexibility index (Phi) is 3.19. The first-order valence-corrected chi connectivity index (χ1v) is 5.87. The van der Waals surface area contributed by atoms with Crippen LogP contribution in [0, 0.1) is 6.92 Å². The van der Waals surface area contributed by atoms with Gasteiger partial charge in [-0.1, -0.05) is 6.92 Å². The average Bonchev–Trinajstić information content (AvgIpc) is 2.61. The molecule has 2 N–H and O–H groups in total. The van der Waals surface area contributed by atoms with E-state index in [9.17, 15) is 4.79 Å². The monoisotopic (exact) mass is 238 g/mol. The van der Waals surface area contributed by atoms with Gasteiger partial charge in [0.15, 0.2) is 0 Å². The van der Waals surface area contributed by atoms with Crippen molar-refractivity contribution in [2.45, 2.75) is 38.5 Å². The molecule has 0 amide bonds. The molecule has 1 aromatic heterocycles. The molecule has 0 radical (unpaired) electrons. The van der Waals surface area contributed by atoms with Crippen LogP contribution in [-0.2, 0) is 21.4 Å². The van der Waals surface area contributed by atoms with E-state index in [2.05, 4.69) is 16.9 Å². The van der Waals surface area contributed by atoms with Crippen LogP contribution in [0.1, 0.15) is 37.0 Å². The van der Waals surface area contributed by atoms with Gasteiger partial charge < -0.3 is 14.8 Å². The first kappa shape index (κ1) is 12.1. The standard InChI is InChI=1S/C12H18N2O3/c1-8-9(7-10(15)16)14-11(13-8)12(2)3-5-17-6-4-12/h3-7H2,1-2H3,(H,13,14)(H,15,16). The van der Waals surface area contributed by atoms with Crippen LogP contribution in [-0.4, -0.2) is 34.3 Å². The summed E-state index contributed by atoms with van der Waals surface area (Å²) >= 11 is 0. The number of carbonyl (C=O) groups is 1. The predicted octanol–water partition coefficient (Wildman–Crippen LogP) is 1.41. The molecule has 0 aromatic carbocycles. The molecule has 0 unspecified atom stereocenters. The molecule has 5 heteroatoms. The Morgan fingerprint density at radius 1 is 1.53 bits per heavy atom. The fraction of sp³-hybridized carbons (Fsp3) is 0.667. The second-order valence-corrected chi connectivity index (χ2v) is 4.90. The third-order valence-electron chi connectivity index (χ3n) is 3.47. The number of hydrogen-bond donors (Lipinski definition) is 2. The Morgan fingerprint density at radius 2 is 2.18 bits per heavy atom. The van der Waals surface area contributed by atoms with Gasteiger partial charge in [-0.05, 0) is 19.8 Å². The molecule has 0 saturated carbocycles. The lowest BCUT2D eigenvalue weighted by Gasteiger charge is -2.31. The Hall–Kier alpha value is -1.36. The lowest BCUT2D eigenvalue weighted by molar-refractivity contribution is -0.136. The number of aryl methyl sites for hydroxylation is 1. The summed E-state index contributed by atoms with van der Waals surface area (Å²) in [7, 11) is 0. The summed E-state index contributed by atoms with van der Waals surface area (Å²) in [6, 6.07) is 0. The molecule has 17 heavy (non-hydrogen) atoms. The molecule has 0 spiro atoms. The summed E-state index contributed by atoms with van der Waals surface area (Å²) in [5.41, 5.74) is 1.48. The maximum Gasteiger partial charge on any atom is 0.309 e. The summed E-state index contributed by atoms with van der Waals surface area (Å²) in [5, 5.41) is 8.80. The van der Waals surface area contributed by atoms with Crippen molar-refractivity contribution in [1.82, 2.24) is 9.97 Å². The van der Waals surface area contributed by atoms with E-state index in [1.54, 1.807) is 0 Å². The first-order valence-electron chi connectivity index (χ1n) is 5.87. The number of aromatic amines is 1. The molecule has 1 aliphatic heterocycles. The number of aliphatic carboxylic acids is 1. The highest BCUT2D eigenvalue weighted by Crippen LogP contribution is 2.32. The second kappa shape index (κ2) is 4.49. The van der Waals surface area contributed by atoms with Crippen LogP contribution in [0.5, 0.6) is 0 Å². The number of nitrogens with one attached hydrogen (secondary N) is 1. The summed E-state index contributed by atoms with van der Waals surface area (Å²) in [6.45, 7) is 5.50. The third-order valence-corrected chi connectivity index (χ3v) is 3.47. The van der Waals surface area contributed by atoms with E-state index in [1.165, 1.54) is 0 Å². The average molecular weight is 238 g/mol. The van der Waals surface area contributed by atoms with Crippen LogP contribution in [0.15, 0.2) is 0 Å². The highest BCUT2D eigenvalue weighted by atomic mass is 16.5. The minimum absolute atomic E-state index is 0.0141. The molecule has 2 rings (SSSR count). The van der Waals surface area contributed by atoms with E-state index in [0.29, 0.717) is 5.69 Å². The van der Waals surface area contributed by atoms with Gasteiger partial charge in [0.05, 0.1) is 12.1 Å². The summed E-state index contributed by atoms with van der Waals surface area (Å²) < 4.78 is 5.35. The topological polar surface area (TPSA) is 75.2 Å². The molecular weight excluding hydrogens is 220 g/mol. The van der Waals surface area contributed by atoms with E-state index in [0.717, 1.165) is 37.6 Å². The molecule has 0 aliphatic carbocycles. The molecule has 1 saturated heterocycles. The predicted molar refractivity (Wildman–Crippen MR) is 62.1 cm³/mol. The first-order chi connectivity index (χ1) is 8.01. The van der Waals surface area contributed by atoms with Crippen molar-refractivity contribution in [2.24, 2.45) is 0 Å². The van der Waals surface area contributed by atoms with Crippen molar-refractivity contribution < 1.29 is 14.6 Å². The van der Waals surface area contributed by atoms with E-state index >= 15 is 0 Å². The van der Waals surface area contributed by atoms with Crippen LogP contribution < -0.4 is 0 Å². The number of carboxylic acid groups (broad SMARTS) is 1. The Balaban J connectivity index is 2.23. The van der Waals surface area contributed by atoms with Gasteiger partial charge in [0.1, 0.15) is 5.82 Å².